The summed E-state index contributed by atoms with van der Waals surface area (Å²) in [6, 6.07) is 3.38. The summed E-state index contributed by atoms with van der Waals surface area (Å²) >= 11 is 0. The topological polar surface area (TPSA) is 48.5 Å². The molecule has 0 saturated carbocycles. The Morgan fingerprint density at radius 1 is 0.339 bits per heavy atom. The van der Waals surface area contributed by atoms with Gasteiger partial charge in [-0.15, -0.1) is 0 Å². The van der Waals surface area contributed by atoms with E-state index in [4.69, 9.17) is 24.2 Å². The predicted octanol–water partition coefficient (Wildman–Crippen LogP) is 14.4. The summed E-state index contributed by atoms with van der Waals surface area (Å²) in [6.45, 7) is 0. The fourth-order valence-electron chi connectivity index (χ4n) is 7.61. The van der Waals surface area contributed by atoms with Crippen LogP contribution in [0.5, 0.6) is 0 Å². The van der Waals surface area contributed by atoms with Crippen LogP contribution in [0, 0.1) is 0 Å². The van der Waals surface area contributed by atoms with Crippen molar-refractivity contribution < 1.29 is 32.9 Å². The summed E-state index contributed by atoms with van der Waals surface area (Å²) in [7, 11) is 0. The first-order chi connectivity index (χ1) is 40.7. The number of rotatable bonds is 7. The lowest BCUT2D eigenvalue weighted by Crippen LogP contribution is -2.07. The van der Waals surface area contributed by atoms with E-state index in [1.807, 2.05) is 24.3 Å². The van der Waals surface area contributed by atoms with Crippen molar-refractivity contribution in [1.29, 1.82) is 0 Å². The highest BCUT2D eigenvalue weighted by Gasteiger charge is 2.25. The molecule has 3 heterocycles. The molecule has 0 bridgehead atoms. The van der Waals surface area contributed by atoms with Gasteiger partial charge >= 0.3 is 0 Å². The molecule has 0 aliphatic heterocycles. The van der Waals surface area contributed by atoms with Gasteiger partial charge in [0.15, 0.2) is 11.6 Å². The summed E-state index contributed by atoms with van der Waals surface area (Å²) in [5, 5.41) is -1.38. The molecule has 0 spiro atoms. The van der Waals surface area contributed by atoms with Gasteiger partial charge in [-0.3, -0.25) is 4.57 Å². The first kappa shape index (κ1) is 18.9. The van der Waals surface area contributed by atoms with Crippen molar-refractivity contribution in [1.82, 2.24) is 24.1 Å². The van der Waals surface area contributed by atoms with Crippen LogP contribution in [-0.4, -0.2) is 24.1 Å². The number of para-hydroxylation sites is 2. The van der Waals surface area contributed by atoms with Gasteiger partial charge in [-0.05, 0) is 46.0 Å². The summed E-state index contributed by atoms with van der Waals surface area (Å²) < 4.78 is 221. The highest BCUT2D eigenvalue weighted by atomic mass is 15.2. The van der Waals surface area contributed by atoms with E-state index in [0.717, 1.165) is 4.57 Å². The lowest BCUT2D eigenvalue weighted by atomic mass is 9.98. The van der Waals surface area contributed by atoms with Gasteiger partial charge in [0, 0.05) is 38.2 Å². The van der Waals surface area contributed by atoms with E-state index in [2.05, 4.69) is 9.97 Å². The molecule has 0 aliphatic carbocycles. The predicted molar refractivity (Wildman–Crippen MR) is 256 cm³/mol. The minimum atomic E-state index is -0.994. The molecule has 0 saturated heterocycles. The van der Waals surface area contributed by atoms with Crippen molar-refractivity contribution in [3.05, 3.63) is 224 Å². The van der Waals surface area contributed by atoms with Gasteiger partial charge in [0.2, 0.25) is 5.95 Å². The Labute approximate surface area is 392 Å². The second-order valence-electron chi connectivity index (χ2n) is 13.8. The van der Waals surface area contributed by atoms with E-state index in [1.54, 1.807) is 54.6 Å². The van der Waals surface area contributed by atoms with Crippen molar-refractivity contribution in [2.75, 3.05) is 0 Å². The number of fused-ring (bicyclic) bond motifs is 7. The molecule has 0 N–H and O–H groups in total. The molecule has 3 aromatic heterocycles. The third-order valence-corrected chi connectivity index (χ3v) is 10.3. The van der Waals surface area contributed by atoms with E-state index >= 15 is 0 Å². The lowest BCUT2D eigenvalue weighted by molar-refractivity contribution is 0.953. The van der Waals surface area contributed by atoms with Gasteiger partial charge in [-0.25, -0.2) is 4.98 Å². The van der Waals surface area contributed by atoms with E-state index in [1.165, 1.54) is 4.57 Å². The van der Waals surface area contributed by atoms with Gasteiger partial charge in [0.05, 0.1) is 60.7 Å². The van der Waals surface area contributed by atoms with Gasteiger partial charge < -0.3 is 4.57 Å². The van der Waals surface area contributed by atoms with Crippen LogP contribution < -0.4 is 0 Å². The second kappa shape index (κ2) is 14.7. The Hall–Kier alpha value is -8.41. The van der Waals surface area contributed by atoms with Crippen molar-refractivity contribution in [2.45, 2.75) is 0 Å². The molecule has 5 nitrogen and oxygen atoms in total. The summed E-state index contributed by atoms with van der Waals surface area (Å²) in [6.07, 6.45) is 0. The molecule has 5 heteroatoms. The standard InChI is InChI=1S/C57H37N5/c1-5-17-38(18-6-1)40-29-31-43(32-30-40)56-58-55(42-23-11-4-12-24-42)59-57(60-56)62-51-28-16-14-26-47(51)49-36-35-48-46-25-13-15-27-50(46)61(53(48)54(49)62)52-37-44(39-19-7-2-8-20-39)33-34-45(52)41-21-9-3-10-22-41/h1-37H/i1D,4D,5D,6D,11D,12D,13D,14D,15D,16D,17D,18D,23D,24D,25D,26D,27D,28D,29D,30D,31D,32D,35D,36D. The van der Waals surface area contributed by atoms with Gasteiger partial charge in [0.25, 0.3) is 0 Å². The van der Waals surface area contributed by atoms with Gasteiger partial charge in [-0.2, -0.15) is 9.97 Å². The monoisotopic (exact) mass is 815 g/mol. The Morgan fingerprint density at radius 3 is 1.45 bits per heavy atom. The van der Waals surface area contributed by atoms with Crippen LogP contribution in [0.3, 0.4) is 0 Å². The molecule has 290 valence electrons. The maximum Gasteiger partial charge on any atom is 0.238 e. The molecule has 9 aromatic carbocycles. The van der Waals surface area contributed by atoms with Crippen LogP contribution in [0.4, 0.5) is 0 Å². The molecule has 0 amide bonds. The average molecular weight is 816 g/mol. The zero-order chi connectivity index (χ0) is 61.9. The maximum absolute atomic E-state index is 9.93. The largest absolute Gasteiger partial charge is 0.307 e. The van der Waals surface area contributed by atoms with Crippen LogP contribution in [0.15, 0.2) is 224 Å². The minimum Gasteiger partial charge on any atom is -0.307 e. The van der Waals surface area contributed by atoms with Crippen LogP contribution in [0.1, 0.15) is 32.9 Å². The van der Waals surface area contributed by atoms with Crippen molar-refractivity contribution in [3.8, 4) is 67.8 Å². The Kier molecular flexibility index (Phi) is 4.48. The number of hydrogen-bond donors (Lipinski definition) is 0. The molecule has 12 aromatic rings. The van der Waals surface area contributed by atoms with E-state index < -0.39 is 196 Å². The average Bonchev–Trinajstić information content (AvgIpc) is 1.54. The van der Waals surface area contributed by atoms with Gasteiger partial charge in [-0.1, -0.05) is 206 Å². The van der Waals surface area contributed by atoms with Crippen LogP contribution >= 0.6 is 0 Å². The third kappa shape index (κ3) is 5.90. The molecule has 12 rings (SSSR count). The first-order valence-electron chi connectivity index (χ1n) is 31.0. The van der Waals surface area contributed by atoms with Crippen molar-refractivity contribution in [2.24, 2.45) is 0 Å². The lowest BCUT2D eigenvalue weighted by Gasteiger charge is -2.17. The highest BCUT2D eigenvalue weighted by molar-refractivity contribution is 6.24. The Bertz CT molecular complexity index is 4960. The maximum atomic E-state index is 9.93. The number of nitrogens with zero attached hydrogens (tertiary/aromatic N) is 5. The molecular formula is C57H37N5. The minimum absolute atomic E-state index is 0.205. The van der Waals surface area contributed by atoms with E-state index in [-0.39, 0.29) is 38.4 Å². The molecule has 62 heavy (non-hydrogen) atoms. The normalized spacial score (nSPS) is 17.0. The fraction of sp³-hybridized carbons (Fsp3) is 0. The smallest absolute Gasteiger partial charge is 0.238 e. The molecule has 0 unspecified atom stereocenters. The highest BCUT2D eigenvalue weighted by Crippen LogP contribution is 2.44. The fourth-order valence-corrected chi connectivity index (χ4v) is 7.61. The van der Waals surface area contributed by atoms with Crippen LogP contribution in [0.2, 0.25) is 0 Å². The van der Waals surface area contributed by atoms with E-state index in [9.17, 15) is 13.7 Å². The molecule has 0 atom stereocenters. The van der Waals surface area contributed by atoms with Crippen LogP contribution in [-0.2, 0) is 0 Å². The molecular weight excluding hydrogens is 755 g/mol. The zero-order valence-corrected chi connectivity index (χ0v) is 31.7. The summed E-state index contributed by atoms with van der Waals surface area (Å²) in [5.41, 5.74) is -1.77. The van der Waals surface area contributed by atoms with Crippen molar-refractivity contribution >= 4 is 43.6 Å². The quantitative estimate of drug-likeness (QED) is 0.161. The Balaban J connectivity index is 1.35. The van der Waals surface area contributed by atoms with Crippen LogP contribution in [0.25, 0.3) is 111 Å². The molecule has 0 aliphatic rings. The Morgan fingerprint density at radius 2 is 0.823 bits per heavy atom. The molecule has 0 radical (unpaired) electrons. The SMILES string of the molecule is [2H]c1c([2H])c([2H])c(-c2nc(-c3c([2H])c([2H])c(-c4c([2H])c([2H])c([2H])c([2H])c4[2H])c([2H])c3[2H])nc(-n3c4c([2H])c([2H])c([2H])c([2H])c4c4c([2H])c([2H])c5c6c([2H])c([2H])c([2H])c([2H])c6n(-c6cc(-c7ccccc7)ccc6-c6ccccc6)c5c43)n2)c([2H])c1[2H]. The molecule has 0 fully saturated rings. The second-order valence-corrected chi connectivity index (χ2v) is 13.8. The van der Waals surface area contributed by atoms with E-state index in [0.29, 0.717) is 22.3 Å². The first-order valence-corrected chi connectivity index (χ1v) is 19.0. The van der Waals surface area contributed by atoms with Crippen molar-refractivity contribution in [3.63, 3.8) is 0 Å². The third-order valence-electron chi connectivity index (χ3n) is 10.3. The summed E-state index contributed by atoms with van der Waals surface area (Å²) in [4.78, 5) is 13.9. The number of benzene rings is 9. The number of hydrogen-bond acceptors (Lipinski definition) is 3. The summed E-state index contributed by atoms with van der Waals surface area (Å²) in [5.74, 6) is -2.46. The zero-order valence-electron chi connectivity index (χ0n) is 55.7. The number of aromatic nitrogens is 5. The van der Waals surface area contributed by atoms with Gasteiger partial charge in [0.1, 0.15) is 0 Å².